The van der Waals surface area contributed by atoms with Crippen LogP contribution in [-0.4, -0.2) is 16.9 Å². The molecule has 0 unspecified atom stereocenters. The van der Waals surface area contributed by atoms with Crippen molar-refractivity contribution in [3.8, 4) is 11.3 Å². The summed E-state index contributed by atoms with van der Waals surface area (Å²) in [6.45, 7) is 0. The highest BCUT2D eigenvalue weighted by atomic mass is 35.5. The summed E-state index contributed by atoms with van der Waals surface area (Å²) in [7, 11) is 0. The van der Waals surface area contributed by atoms with Crippen molar-refractivity contribution in [2.45, 2.75) is 0 Å². The van der Waals surface area contributed by atoms with Crippen LogP contribution in [0.15, 0.2) is 64.6 Å². The van der Waals surface area contributed by atoms with Gasteiger partial charge in [-0.2, -0.15) is 0 Å². The van der Waals surface area contributed by atoms with Gasteiger partial charge in [-0.25, -0.2) is 9.29 Å². The molecule has 2 aromatic carbocycles. The zero-order chi connectivity index (χ0) is 21.4. The van der Waals surface area contributed by atoms with Crippen LogP contribution in [0.2, 0.25) is 10.0 Å². The van der Waals surface area contributed by atoms with Crippen molar-refractivity contribution in [1.82, 2.24) is 5.32 Å². The number of benzene rings is 2. The van der Waals surface area contributed by atoms with Gasteiger partial charge in [-0.15, -0.1) is 0 Å². The van der Waals surface area contributed by atoms with Gasteiger partial charge >= 0.3 is 0 Å². The van der Waals surface area contributed by atoms with Gasteiger partial charge in [0.25, 0.3) is 11.8 Å². The Labute approximate surface area is 185 Å². The Morgan fingerprint density at radius 1 is 1.03 bits per heavy atom. The summed E-state index contributed by atoms with van der Waals surface area (Å²) >= 11 is 17.3. The van der Waals surface area contributed by atoms with E-state index in [2.05, 4.69) is 5.32 Å². The number of furan rings is 1. The predicted octanol–water partition coefficient (Wildman–Crippen LogP) is 5.22. The maximum Gasteiger partial charge on any atom is 0.270 e. The van der Waals surface area contributed by atoms with Crippen molar-refractivity contribution < 1.29 is 18.4 Å². The first-order valence-corrected chi connectivity index (χ1v) is 9.73. The van der Waals surface area contributed by atoms with E-state index >= 15 is 0 Å². The summed E-state index contributed by atoms with van der Waals surface area (Å²) in [4.78, 5) is 26.2. The van der Waals surface area contributed by atoms with Crippen molar-refractivity contribution in [2.75, 3.05) is 4.90 Å². The molecule has 0 atom stereocenters. The molecule has 1 N–H and O–H groups in total. The largest absolute Gasteiger partial charge is 0.457 e. The van der Waals surface area contributed by atoms with E-state index in [1.807, 2.05) is 0 Å². The third-order valence-corrected chi connectivity index (χ3v) is 5.43. The number of nitrogens with one attached hydrogen (secondary N) is 1. The zero-order valence-electron chi connectivity index (χ0n) is 15.0. The minimum atomic E-state index is -0.771. The molecule has 1 aliphatic rings. The van der Waals surface area contributed by atoms with E-state index < -0.39 is 17.6 Å². The van der Waals surface area contributed by atoms with Gasteiger partial charge in [0, 0.05) is 5.56 Å². The molecular weight excluding hydrogens is 450 g/mol. The lowest BCUT2D eigenvalue weighted by Gasteiger charge is -2.28. The molecule has 5 nitrogen and oxygen atoms in total. The van der Waals surface area contributed by atoms with Crippen LogP contribution < -0.4 is 10.2 Å². The Kier molecular flexibility index (Phi) is 5.42. The number of hydrogen-bond acceptors (Lipinski definition) is 4. The fourth-order valence-electron chi connectivity index (χ4n) is 2.92. The Morgan fingerprint density at radius 3 is 2.57 bits per heavy atom. The summed E-state index contributed by atoms with van der Waals surface area (Å²) in [5.41, 5.74) is 0.233. The lowest BCUT2D eigenvalue weighted by Crippen LogP contribution is -2.54. The van der Waals surface area contributed by atoms with E-state index in [4.69, 9.17) is 39.8 Å². The van der Waals surface area contributed by atoms with Crippen molar-refractivity contribution in [3.63, 3.8) is 0 Å². The van der Waals surface area contributed by atoms with Crippen LogP contribution >= 0.6 is 35.4 Å². The van der Waals surface area contributed by atoms with Gasteiger partial charge in [-0.05, 0) is 54.7 Å². The number of carbonyl (C=O) groups is 2. The van der Waals surface area contributed by atoms with Gasteiger partial charge in [-0.3, -0.25) is 14.9 Å². The van der Waals surface area contributed by atoms with Crippen molar-refractivity contribution >= 4 is 64.1 Å². The van der Waals surface area contributed by atoms with Gasteiger partial charge < -0.3 is 4.42 Å². The van der Waals surface area contributed by atoms with Gasteiger partial charge in [0.05, 0.1) is 15.7 Å². The number of rotatable bonds is 3. The number of hydrogen-bond donors (Lipinski definition) is 1. The normalized spacial score (nSPS) is 15.6. The van der Waals surface area contributed by atoms with Crippen LogP contribution in [-0.2, 0) is 9.59 Å². The van der Waals surface area contributed by atoms with E-state index in [0.29, 0.717) is 21.4 Å². The second kappa shape index (κ2) is 8.02. The average molecular weight is 461 g/mol. The van der Waals surface area contributed by atoms with Crippen LogP contribution in [0.3, 0.4) is 0 Å². The van der Waals surface area contributed by atoms with E-state index in [1.54, 1.807) is 36.4 Å². The minimum absolute atomic E-state index is 0.0655. The molecule has 1 fully saturated rings. The van der Waals surface area contributed by atoms with Crippen molar-refractivity contribution in [3.05, 3.63) is 81.8 Å². The summed E-state index contributed by atoms with van der Waals surface area (Å²) in [5, 5.41) is 2.86. The maximum absolute atomic E-state index is 14.2. The monoisotopic (exact) mass is 460 g/mol. The molecule has 2 heterocycles. The summed E-state index contributed by atoms with van der Waals surface area (Å²) in [6, 6.07) is 13.9. The van der Waals surface area contributed by atoms with Crippen LogP contribution in [0.25, 0.3) is 17.4 Å². The maximum atomic E-state index is 14.2. The standard InChI is InChI=1S/C21H11Cl2FN2O3S/c22-14-5-3-4-12(18(14)23)17-9-8-11(29-17)10-13-19(27)25-21(30)26(20(13)28)16-7-2-1-6-15(16)24/h1-10H,(H,25,27,30)/b13-10-. The molecule has 0 radical (unpaired) electrons. The quantitative estimate of drug-likeness (QED) is 0.330. The number of halogens is 3. The van der Waals surface area contributed by atoms with Crippen LogP contribution in [0, 0.1) is 5.82 Å². The third-order valence-electron chi connectivity index (χ3n) is 4.33. The first kappa shape index (κ1) is 20.3. The molecule has 1 saturated heterocycles. The molecule has 0 spiro atoms. The molecule has 30 heavy (non-hydrogen) atoms. The smallest absolute Gasteiger partial charge is 0.270 e. The van der Waals surface area contributed by atoms with Crippen molar-refractivity contribution in [1.29, 1.82) is 0 Å². The van der Waals surface area contributed by atoms with Crippen LogP contribution in [0.5, 0.6) is 0 Å². The number of carbonyl (C=O) groups excluding carboxylic acids is 2. The summed E-state index contributed by atoms with van der Waals surface area (Å²) < 4.78 is 19.9. The molecule has 150 valence electrons. The van der Waals surface area contributed by atoms with Gasteiger partial charge in [0.15, 0.2) is 5.11 Å². The van der Waals surface area contributed by atoms with Crippen LogP contribution in [0.4, 0.5) is 10.1 Å². The number of amides is 2. The fraction of sp³-hybridized carbons (Fsp3) is 0. The zero-order valence-corrected chi connectivity index (χ0v) is 17.3. The number of thiocarbonyl (C=S) groups is 1. The van der Waals surface area contributed by atoms with E-state index in [-0.39, 0.29) is 22.1 Å². The Bertz CT molecular complexity index is 1240. The van der Waals surface area contributed by atoms with E-state index in [9.17, 15) is 14.0 Å². The first-order chi connectivity index (χ1) is 14.4. The number of nitrogens with zero attached hydrogens (tertiary/aromatic N) is 1. The Morgan fingerprint density at radius 2 is 1.80 bits per heavy atom. The topological polar surface area (TPSA) is 62.6 Å². The van der Waals surface area contributed by atoms with E-state index in [1.165, 1.54) is 24.3 Å². The summed E-state index contributed by atoms with van der Waals surface area (Å²) in [6.07, 6.45) is 1.26. The summed E-state index contributed by atoms with van der Waals surface area (Å²) in [5.74, 6) is -1.51. The van der Waals surface area contributed by atoms with Gasteiger partial charge in [0.2, 0.25) is 0 Å². The lowest BCUT2D eigenvalue weighted by molar-refractivity contribution is -0.122. The molecule has 9 heteroatoms. The van der Waals surface area contributed by atoms with Gasteiger partial charge in [0.1, 0.15) is 22.9 Å². The highest BCUT2D eigenvalue weighted by molar-refractivity contribution is 7.80. The van der Waals surface area contributed by atoms with Gasteiger partial charge in [-0.1, -0.05) is 41.4 Å². The van der Waals surface area contributed by atoms with Crippen molar-refractivity contribution in [2.24, 2.45) is 0 Å². The molecule has 4 rings (SSSR count). The highest BCUT2D eigenvalue weighted by Gasteiger charge is 2.35. The molecule has 2 amide bonds. The minimum Gasteiger partial charge on any atom is -0.457 e. The predicted molar refractivity (Wildman–Crippen MR) is 117 cm³/mol. The third kappa shape index (κ3) is 3.63. The fourth-order valence-corrected chi connectivity index (χ4v) is 3.59. The SMILES string of the molecule is O=C1NC(=S)N(c2ccccc2F)C(=O)/C1=C\c1ccc(-c2cccc(Cl)c2Cl)o1. The van der Waals surface area contributed by atoms with Crippen LogP contribution in [0.1, 0.15) is 5.76 Å². The molecular formula is C21H11Cl2FN2O3S. The second-order valence-corrected chi connectivity index (χ2v) is 7.38. The number of para-hydroxylation sites is 1. The molecule has 0 saturated carbocycles. The molecule has 0 bridgehead atoms. The lowest BCUT2D eigenvalue weighted by atomic mass is 10.1. The Balaban J connectivity index is 1.71. The Hall–Kier alpha value is -3.00. The average Bonchev–Trinajstić information content (AvgIpc) is 3.17. The number of anilines is 1. The molecule has 3 aromatic rings. The second-order valence-electron chi connectivity index (χ2n) is 6.21. The first-order valence-electron chi connectivity index (χ1n) is 8.57. The van der Waals surface area contributed by atoms with E-state index in [0.717, 1.165) is 4.90 Å². The molecule has 1 aliphatic heterocycles. The molecule has 0 aliphatic carbocycles. The highest BCUT2D eigenvalue weighted by Crippen LogP contribution is 2.35. The molecule has 1 aromatic heterocycles.